The molecule has 0 unspecified atom stereocenters. The topological polar surface area (TPSA) is 139 Å². The number of phenols is 2. The third-order valence-electron chi connectivity index (χ3n) is 5.20. The fourth-order valence-electron chi connectivity index (χ4n) is 3.52. The third-order valence-corrected chi connectivity index (χ3v) is 5.20. The predicted octanol–water partition coefficient (Wildman–Crippen LogP) is 2.60. The number of hydrogen-bond donors (Lipinski definition) is 5. The SMILES string of the molecule is CC(C)c1cc(C(=O)N2Cc3ccc(NC(=O)CCC(=O)NO)cc3C2)c(O)cc1O. The van der Waals surface area contributed by atoms with Crippen molar-refractivity contribution in [1.82, 2.24) is 10.4 Å². The van der Waals surface area contributed by atoms with Crippen LogP contribution < -0.4 is 10.8 Å². The number of rotatable bonds is 6. The van der Waals surface area contributed by atoms with E-state index in [-0.39, 0.29) is 47.6 Å². The highest BCUT2D eigenvalue weighted by Gasteiger charge is 2.27. The number of carbonyl (C=O) groups is 3. The number of amides is 3. The van der Waals surface area contributed by atoms with Crippen LogP contribution in [0, 0.1) is 0 Å². The Morgan fingerprint density at radius 2 is 1.65 bits per heavy atom. The van der Waals surface area contributed by atoms with Crippen molar-refractivity contribution in [2.45, 2.75) is 45.7 Å². The van der Waals surface area contributed by atoms with E-state index in [1.165, 1.54) is 17.6 Å². The van der Waals surface area contributed by atoms with E-state index < -0.39 is 5.91 Å². The number of fused-ring (bicyclic) bond motifs is 1. The molecule has 0 saturated carbocycles. The van der Waals surface area contributed by atoms with Crippen LogP contribution in [0.1, 0.15) is 59.7 Å². The molecule has 1 aliphatic heterocycles. The summed E-state index contributed by atoms with van der Waals surface area (Å²) in [6.45, 7) is 4.44. The van der Waals surface area contributed by atoms with Crippen LogP contribution in [0.4, 0.5) is 5.69 Å². The monoisotopic (exact) mass is 427 g/mol. The summed E-state index contributed by atoms with van der Waals surface area (Å²) in [4.78, 5) is 37.6. The summed E-state index contributed by atoms with van der Waals surface area (Å²) < 4.78 is 0. The normalized spacial score (nSPS) is 12.6. The first-order chi connectivity index (χ1) is 14.7. The molecule has 0 bridgehead atoms. The Hall–Kier alpha value is -3.59. The summed E-state index contributed by atoms with van der Waals surface area (Å²) in [5.74, 6) is -1.71. The zero-order chi connectivity index (χ0) is 22.7. The van der Waals surface area contributed by atoms with Crippen molar-refractivity contribution in [3.8, 4) is 11.5 Å². The lowest BCUT2D eigenvalue weighted by atomic mass is 9.98. The molecule has 0 aliphatic carbocycles. The summed E-state index contributed by atoms with van der Waals surface area (Å²) in [7, 11) is 0. The molecule has 0 atom stereocenters. The molecule has 0 spiro atoms. The van der Waals surface area contributed by atoms with Gasteiger partial charge in [-0.05, 0) is 40.8 Å². The first kappa shape index (κ1) is 22.1. The second-order valence-electron chi connectivity index (χ2n) is 7.81. The van der Waals surface area contributed by atoms with Crippen LogP contribution in [0.3, 0.4) is 0 Å². The molecule has 3 amide bonds. The molecule has 9 heteroatoms. The molecule has 0 saturated heterocycles. The number of carbonyl (C=O) groups excluding carboxylic acids is 3. The van der Waals surface area contributed by atoms with Crippen LogP contribution in [-0.4, -0.2) is 38.0 Å². The minimum absolute atomic E-state index is 0.0162. The molecular formula is C22H25N3O6. The lowest BCUT2D eigenvalue weighted by Crippen LogP contribution is -2.25. The van der Waals surface area contributed by atoms with Gasteiger partial charge in [0, 0.05) is 37.7 Å². The average molecular weight is 427 g/mol. The zero-order valence-corrected chi connectivity index (χ0v) is 17.3. The standard InChI is InChI=1S/C22H25N3O6/c1-12(2)16-8-17(19(27)9-18(16)26)22(30)25-10-13-3-4-15(7-14(13)11-25)23-20(28)5-6-21(29)24-31/h3-4,7-9,12,26-27,31H,5-6,10-11H2,1-2H3,(H,23,28)(H,24,29). The largest absolute Gasteiger partial charge is 0.508 e. The maximum atomic E-state index is 13.0. The van der Waals surface area contributed by atoms with Gasteiger partial charge in [-0.25, -0.2) is 5.48 Å². The van der Waals surface area contributed by atoms with Gasteiger partial charge in [0.25, 0.3) is 5.91 Å². The van der Waals surface area contributed by atoms with Gasteiger partial charge in [0.1, 0.15) is 11.5 Å². The van der Waals surface area contributed by atoms with E-state index in [0.717, 1.165) is 11.1 Å². The summed E-state index contributed by atoms with van der Waals surface area (Å²) in [6.07, 6.45) is -0.212. The molecule has 0 fully saturated rings. The van der Waals surface area contributed by atoms with Gasteiger partial charge in [-0.15, -0.1) is 0 Å². The molecule has 3 rings (SSSR count). The minimum atomic E-state index is -0.642. The molecule has 2 aromatic carbocycles. The number of anilines is 1. The maximum absolute atomic E-state index is 13.0. The second-order valence-corrected chi connectivity index (χ2v) is 7.81. The van der Waals surface area contributed by atoms with Crippen molar-refractivity contribution in [3.05, 3.63) is 52.6 Å². The van der Waals surface area contributed by atoms with E-state index >= 15 is 0 Å². The highest BCUT2D eigenvalue weighted by atomic mass is 16.5. The predicted molar refractivity (Wildman–Crippen MR) is 112 cm³/mol. The molecule has 1 aliphatic rings. The van der Waals surface area contributed by atoms with Gasteiger partial charge >= 0.3 is 0 Å². The number of benzene rings is 2. The van der Waals surface area contributed by atoms with Gasteiger partial charge in [-0.2, -0.15) is 0 Å². The Kier molecular flexibility index (Phi) is 6.45. The molecule has 9 nitrogen and oxygen atoms in total. The fourth-order valence-corrected chi connectivity index (χ4v) is 3.52. The van der Waals surface area contributed by atoms with E-state index in [4.69, 9.17) is 5.21 Å². The first-order valence-electron chi connectivity index (χ1n) is 9.89. The maximum Gasteiger partial charge on any atom is 0.258 e. The molecule has 31 heavy (non-hydrogen) atoms. The van der Waals surface area contributed by atoms with Crippen LogP contribution >= 0.6 is 0 Å². The van der Waals surface area contributed by atoms with Crippen molar-refractivity contribution in [2.75, 3.05) is 5.32 Å². The summed E-state index contributed by atoms with van der Waals surface area (Å²) in [6, 6.07) is 8.01. The Morgan fingerprint density at radius 1 is 0.968 bits per heavy atom. The van der Waals surface area contributed by atoms with Gasteiger partial charge < -0.3 is 20.4 Å². The highest BCUT2D eigenvalue weighted by Crippen LogP contribution is 2.34. The van der Waals surface area contributed by atoms with E-state index in [9.17, 15) is 24.6 Å². The first-order valence-corrected chi connectivity index (χ1v) is 9.89. The van der Waals surface area contributed by atoms with Gasteiger partial charge in [-0.3, -0.25) is 19.6 Å². The van der Waals surface area contributed by atoms with E-state index in [1.54, 1.807) is 17.0 Å². The van der Waals surface area contributed by atoms with Gasteiger partial charge in [-0.1, -0.05) is 19.9 Å². The quantitative estimate of drug-likeness (QED) is 0.355. The van der Waals surface area contributed by atoms with Crippen molar-refractivity contribution >= 4 is 23.4 Å². The van der Waals surface area contributed by atoms with Gasteiger partial charge in [0.2, 0.25) is 11.8 Å². The zero-order valence-electron chi connectivity index (χ0n) is 17.3. The Bertz CT molecular complexity index is 1030. The summed E-state index contributed by atoms with van der Waals surface area (Å²) in [5.41, 5.74) is 4.51. The molecule has 0 aromatic heterocycles. The molecule has 164 valence electrons. The summed E-state index contributed by atoms with van der Waals surface area (Å²) in [5, 5.41) is 31.4. The number of aromatic hydroxyl groups is 2. The average Bonchev–Trinajstić information content (AvgIpc) is 3.14. The Labute approximate surface area is 179 Å². The smallest absolute Gasteiger partial charge is 0.258 e. The second kappa shape index (κ2) is 9.05. The van der Waals surface area contributed by atoms with E-state index in [2.05, 4.69) is 5.32 Å². The van der Waals surface area contributed by atoms with Crippen molar-refractivity contribution < 1.29 is 29.8 Å². The number of nitrogens with zero attached hydrogens (tertiary/aromatic N) is 1. The van der Waals surface area contributed by atoms with Crippen LogP contribution in [0.5, 0.6) is 11.5 Å². The molecule has 0 radical (unpaired) electrons. The van der Waals surface area contributed by atoms with Crippen LogP contribution in [0.15, 0.2) is 30.3 Å². The number of phenolic OH excluding ortho intramolecular Hbond substituents is 2. The Morgan fingerprint density at radius 3 is 2.32 bits per heavy atom. The van der Waals surface area contributed by atoms with Gasteiger partial charge in [0.15, 0.2) is 0 Å². The van der Waals surface area contributed by atoms with Crippen molar-refractivity contribution in [1.29, 1.82) is 0 Å². The minimum Gasteiger partial charge on any atom is -0.508 e. The van der Waals surface area contributed by atoms with Crippen molar-refractivity contribution in [2.24, 2.45) is 0 Å². The third kappa shape index (κ3) is 4.95. The molecular weight excluding hydrogens is 402 g/mol. The van der Waals surface area contributed by atoms with Crippen LogP contribution in [-0.2, 0) is 22.7 Å². The van der Waals surface area contributed by atoms with Crippen LogP contribution in [0.25, 0.3) is 0 Å². The fraction of sp³-hybridized carbons (Fsp3) is 0.318. The van der Waals surface area contributed by atoms with E-state index in [1.807, 2.05) is 19.9 Å². The van der Waals surface area contributed by atoms with Gasteiger partial charge in [0.05, 0.1) is 5.56 Å². The summed E-state index contributed by atoms with van der Waals surface area (Å²) >= 11 is 0. The van der Waals surface area contributed by atoms with Crippen LogP contribution in [0.2, 0.25) is 0 Å². The highest BCUT2D eigenvalue weighted by molar-refractivity contribution is 5.98. The lowest BCUT2D eigenvalue weighted by Gasteiger charge is -2.18. The van der Waals surface area contributed by atoms with Crippen molar-refractivity contribution in [3.63, 3.8) is 0 Å². The number of hydroxylamine groups is 1. The molecule has 2 aromatic rings. The molecule has 5 N–H and O–H groups in total. The number of hydrogen-bond acceptors (Lipinski definition) is 6. The number of nitrogens with one attached hydrogen (secondary N) is 2. The van der Waals surface area contributed by atoms with E-state index in [0.29, 0.717) is 24.3 Å². The lowest BCUT2D eigenvalue weighted by molar-refractivity contribution is -0.131. The Balaban J connectivity index is 1.71. The molecule has 1 heterocycles.